The van der Waals surface area contributed by atoms with Crippen LogP contribution in [-0.4, -0.2) is 12.3 Å². The van der Waals surface area contributed by atoms with Gasteiger partial charge in [0.05, 0.1) is 0 Å². The van der Waals surface area contributed by atoms with E-state index in [-0.39, 0.29) is 11.9 Å². The molecular formula is C16H20O3. The lowest BCUT2D eigenvalue weighted by Gasteiger charge is -2.56. The molecule has 6 atom stereocenters. The second-order valence-electron chi connectivity index (χ2n) is 6.81. The number of rotatable bonds is 1. The number of cyclic esters (lactones) is 1. The summed E-state index contributed by atoms with van der Waals surface area (Å²) in [5, 5.41) is 0. The predicted molar refractivity (Wildman–Crippen MR) is 68.9 cm³/mol. The maximum Gasteiger partial charge on any atom is 0.311 e. The van der Waals surface area contributed by atoms with Crippen molar-refractivity contribution in [3.05, 3.63) is 11.3 Å². The number of fused-ring (bicyclic) bond motifs is 2. The van der Waals surface area contributed by atoms with E-state index in [9.17, 15) is 9.59 Å². The summed E-state index contributed by atoms with van der Waals surface area (Å²) in [4.78, 5) is 23.3. The van der Waals surface area contributed by atoms with Crippen LogP contribution in [0.25, 0.3) is 0 Å². The van der Waals surface area contributed by atoms with Crippen molar-refractivity contribution in [2.75, 3.05) is 0 Å². The van der Waals surface area contributed by atoms with Gasteiger partial charge in [0, 0.05) is 18.3 Å². The van der Waals surface area contributed by atoms with E-state index in [1.165, 1.54) is 18.3 Å². The zero-order valence-electron chi connectivity index (χ0n) is 11.3. The standard InChI is InChI=1S/C16H20O3/c1-8-10-4-5-11(13(8)7-17)15-12(10)6-14(18)19-16(15)9-2-3-9/h7-8,10-13,15H,2-6H2,1H3. The Kier molecular flexibility index (Phi) is 2.42. The number of hydrogen-bond donors (Lipinski definition) is 0. The molecule has 1 heterocycles. The predicted octanol–water partition coefficient (Wildman–Crippen LogP) is 2.70. The topological polar surface area (TPSA) is 43.4 Å². The summed E-state index contributed by atoms with van der Waals surface area (Å²) < 4.78 is 5.59. The highest BCUT2D eigenvalue weighted by Gasteiger charge is 2.57. The monoisotopic (exact) mass is 260 g/mol. The van der Waals surface area contributed by atoms with Crippen LogP contribution in [0.2, 0.25) is 0 Å². The minimum absolute atomic E-state index is 0.0435. The highest BCUT2D eigenvalue weighted by molar-refractivity contribution is 5.73. The highest BCUT2D eigenvalue weighted by Crippen LogP contribution is 2.60. The first kappa shape index (κ1) is 11.7. The van der Waals surface area contributed by atoms with Crippen LogP contribution in [0, 0.1) is 35.5 Å². The van der Waals surface area contributed by atoms with Crippen molar-refractivity contribution < 1.29 is 14.3 Å². The lowest BCUT2D eigenvalue weighted by molar-refractivity contribution is -0.160. The van der Waals surface area contributed by atoms with E-state index in [1.54, 1.807) is 0 Å². The molecular weight excluding hydrogens is 240 g/mol. The van der Waals surface area contributed by atoms with E-state index in [2.05, 4.69) is 6.92 Å². The van der Waals surface area contributed by atoms with Crippen LogP contribution in [-0.2, 0) is 14.3 Å². The van der Waals surface area contributed by atoms with Gasteiger partial charge in [0.25, 0.3) is 0 Å². The summed E-state index contributed by atoms with van der Waals surface area (Å²) in [7, 11) is 0. The fourth-order valence-corrected chi connectivity index (χ4v) is 5.06. The fourth-order valence-electron chi connectivity index (χ4n) is 5.06. The molecule has 5 aliphatic rings. The molecule has 1 aliphatic heterocycles. The lowest BCUT2D eigenvalue weighted by atomic mass is 9.49. The van der Waals surface area contributed by atoms with Gasteiger partial charge in [-0.05, 0) is 54.9 Å². The van der Waals surface area contributed by atoms with Gasteiger partial charge in [-0.3, -0.25) is 4.79 Å². The molecule has 102 valence electrons. The van der Waals surface area contributed by atoms with Gasteiger partial charge in [-0.25, -0.2) is 0 Å². The molecule has 0 aromatic rings. The fraction of sp³-hybridized carbons (Fsp3) is 0.750. The van der Waals surface area contributed by atoms with E-state index in [0.29, 0.717) is 36.0 Å². The molecule has 19 heavy (non-hydrogen) atoms. The van der Waals surface area contributed by atoms with Gasteiger partial charge >= 0.3 is 5.97 Å². The van der Waals surface area contributed by atoms with Gasteiger partial charge in [-0.15, -0.1) is 0 Å². The molecule has 3 heteroatoms. The number of esters is 1. The maximum absolute atomic E-state index is 11.9. The van der Waals surface area contributed by atoms with Crippen molar-refractivity contribution >= 4 is 12.3 Å². The second kappa shape index (κ2) is 3.94. The van der Waals surface area contributed by atoms with Crippen LogP contribution < -0.4 is 0 Å². The van der Waals surface area contributed by atoms with Crippen LogP contribution >= 0.6 is 0 Å². The third-order valence-corrected chi connectivity index (χ3v) is 6.02. The van der Waals surface area contributed by atoms with E-state index >= 15 is 0 Å². The first-order valence-corrected chi connectivity index (χ1v) is 7.58. The molecule has 6 unspecified atom stereocenters. The molecule has 0 aromatic heterocycles. The van der Waals surface area contributed by atoms with E-state index in [4.69, 9.17) is 4.74 Å². The number of aldehydes is 1. The normalized spacial score (nSPS) is 47.7. The average molecular weight is 260 g/mol. The Hall–Kier alpha value is -1.12. The maximum atomic E-state index is 11.9. The quantitative estimate of drug-likeness (QED) is 0.538. The van der Waals surface area contributed by atoms with Gasteiger partial charge < -0.3 is 9.53 Å². The third-order valence-electron chi connectivity index (χ3n) is 6.02. The lowest BCUT2D eigenvalue weighted by Crippen LogP contribution is -2.53. The molecule has 0 aromatic carbocycles. The van der Waals surface area contributed by atoms with Crippen molar-refractivity contribution in [3.63, 3.8) is 0 Å². The summed E-state index contributed by atoms with van der Waals surface area (Å²) in [6, 6.07) is 0. The molecule has 2 bridgehead atoms. The Balaban J connectivity index is 1.77. The largest absolute Gasteiger partial charge is 0.431 e. The smallest absolute Gasteiger partial charge is 0.311 e. The zero-order valence-corrected chi connectivity index (χ0v) is 11.3. The second-order valence-corrected chi connectivity index (χ2v) is 6.81. The Morgan fingerprint density at radius 3 is 2.58 bits per heavy atom. The minimum atomic E-state index is -0.0435. The van der Waals surface area contributed by atoms with Gasteiger partial charge in [-0.2, -0.15) is 0 Å². The SMILES string of the molecule is CC1C(C=O)C2CCC1C1CC(=O)OC(=C3CC3)C21. The summed E-state index contributed by atoms with van der Waals surface area (Å²) in [5.74, 6) is 3.30. The molecule has 3 nitrogen and oxygen atoms in total. The summed E-state index contributed by atoms with van der Waals surface area (Å²) in [5.41, 5.74) is 1.34. The highest BCUT2D eigenvalue weighted by atomic mass is 16.5. The van der Waals surface area contributed by atoms with Crippen molar-refractivity contribution in [3.8, 4) is 0 Å². The van der Waals surface area contributed by atoms with E-state index in [0.717, 1.165) is 25.0 Å². The molecule has 0 radical (unpaired) electrons. The van der Waals surface area contributed by atoms with Gasteiger partial charge in [0.2, 0.25) is 0 Å². The van der Waals surface area contributed by atoms with E-state index < -0.39 is 0 Å². The Morgan fingerprint density at radius 1 is 1.16 bits per heavy atom. The zero-order chi connectivity index (χ0) is 13.1. The molecule has 0 spiro atoms. The minimum Gasteiger partial charge on any atom is -0.431 e. The van der Waals surface area contributed by atoms with Crippen molar-refractivity contribution in [2.24, 2.45) is 35.5 Å². The summed E-state index contributed by atoms with van der Waals surface area (Å²) in [6.07, 6.45) is 6.23. The van der Waals surface area contributed by atoms with E-state index in [1.807, 2.05) is 0 Å². The van der Waals surface area contributed by atoms with Crippen LogP contribution in [0.5, 0.6) is 0 Å². The van der Waals surface area contributed by atoms with Gasteiger partial charge in [0.15, 0.2) is 0 Å². The molecule has 4 aliphatic carbocycles. The van der Waals surface area contributed by atoms with Crippen LogP contribution in [0.4, 0.5) is 0 Å². The first-order chi connectivity index (χ1) is 9.20. The Bertz CT molecular complexity index is 470. The number of carbonyl (C=O) groups is 2. The van der Waals surface area contributed by atoms with Crippen LogP contribution in [0.15, 0.2) is 11.3 Å². The Morgan fingerprint density at radius 2 is 1.89 bits per heavy atom. The first-order valence-electron chi connectivity index (χ1n) is 7.58. The third kappa shape index (κ3) is 1.56. The molecule has 5 rings (SSSR count). The van der Waals surface area contributed by atoms with Gasteiger partial charge in [-0.1, -0.05) is 6.92 Å². The summed E-state index contributed by atoms with van der Waals surface area (Å²) >= 11 is 0. The number of ether oxygens (including phenoxy) is 1. The summed E-state index contributed by atoms with van der Waals surface area (Å²) in [6.45, 7) is 2.20. The number of carbonyl (C=O) groups excluding carboxylic acids is 2. The van der Waals surface area contributed by atoms with Crippen molar-refractivity contribution in [1.29, 1.82) is 0 Å². The van der Waals surface area contributed by atoms with Gasteiger partial charge in [0.1, 0.15) is 12.0 Å². The average Bonchev–Trinajstić information content (AvgIpc) is 3.22. The Labute approximate surface area is 113 Å². The van der Waals surface area contributed by atoms with Crippen molar-refractivity contribution in [2.45, 2.75) is 39.0 Å². The molecule has 0 N–H and O–H groups in total. The van der Waals surface area contributed by atoms with Crippen molar-refractivity contribution in [1.82, 2.24) is 0 Å². The molecule has 4 saturated carbocycles. The molecule has 0 amide bonds. The number of allylic oxidation sites excluding steroid dienone is 2. The molecule has 5 fully saturated rings. The number of hydrogen-bond acceptors (Lipinski definition) is 3. The molecule has 1 saturated heterocycles. The van der Waals surface area contributed by atoms with Crippen LogP contribution in [0.1, 0.15) is 39.0 Å². The van der Waals surface area contributed by atoms with Crippen LogP contribution in [0.3, 0.4) is 0 Å².